The summed E-state index contributed by atoms with van der Waals surface area (Å²) in [6.07, 6.45) is 1.25. The standard InChI is InChI=1S/C22H25N5O4S2.2ClH/c1-26(33(29,30)20-5-3-4-6-23-20)19-9-16(31-2)7-14-8-18(25-21(14)19)22-24-10-17(32-22)13-27-11-15(28)12-27;;/h3-9,15,17,25,28H,10-13H2,1-2H3;2*1H. The van der Waals surface area contributed by atoms with Gasteiger partial charge in [-0.05, 0) is 24.3 Å². The Morgan fingerprint density at radius 2 is 2.03 bits per heavy atom. The van der Waals surface area contributed by atoms with Gasteiger partial charge in [0.2, 0.25) is 0 Å². The van der Waals surface area contributed by atoms with Gasteiger partial charge >= 0.3 is 0 Å². The molecule has 3 aromatic rings. The Kier molecular flexibility index (Phi) is 8.61. The number of rotatable bonds is 7. The van der Waals surface area contributed by atoms with E-state index < -0.39 is 10.0 Å². The van der Waals surface area contributed by atoms with Crippen molar-refractivity contribution in [1.29, 1.82) is 0 Å². The van der Waals surface area contributed by atoms with Crippen LogP contribution in [0.3, 0.4) is 0 Å². The number of benzene rings is 1. The zero-order valence-corrected chi connectivity index (χ0v) is 22.4. The highest BCUT2D eigenvalue weighted by Gasteiger charge is 2.31. The average molecular weight is 561 g/mol. The Morgan fingerprint density at radius 1 is 1.26 bits per heavy atom. The van der Waals surface area contributed by atoms with Crippen molar-refractivity contribution in [2.24, 2.45) is 4.99 Å². The van der Waals surface area contributed by atoms with Crippen LogP contribution in [0, 0.1) is 0 Å². The van der Waals surface area contributed by atoms with Crippen LogP contribution >= 0.6 is 36.6 Å². The van der Waals surface area contributed by atoms with Crippen molar-refractivity contribution in [3.05, 3.63) is 48.3 Å². The molecule has 1 atom stereocenters. The van der Waals surface area contributed by atoms with Crippen LogP contribution in [-0.2, 0) is 10.0 Å². The second kappa shape index (κ2) is 10.9. The van der Waals surface area contributed by atoms with Crippen molar-refractivity contribution in [2.45, 2.75) is 16.4 Å². The van der Waals surface area contributed by atoms with E-state index in [0.29, 0.717) is 28.7 Å². The van der Waals surface area contributed by atoms with E-state index in [1.165, 1.54) is 23.6 Å². The molecule has 0 amide bonds. The fraction of sp³-hybridized carbons (Fsp3) is 0.364. The highest BCUT2D eigenvalue weighted by Crippen LogP contribution is 2.36. The zero-order chi connectivity index (χ0) is 23.2. The Hall–Kier alpha value is -2.02. The van der Waals surface area contributed by atoms with Crippen molar-refractivity contribution < 1.29 is 18.3 Å². The Morgan fingerprint density at radius 3 is 2.69 bits per heavy atom. The molecule has 1 aromatic carbocycles. The Bertz CT molecular complexity index is 1310. The highest BCUT2D eigenvalue weighted by molar-refractivity contribution is 8.15. The third-order valence-corrected chi connectivity index (χ3v) is 8.76. The number of β-amino-alcohol motifs (C(OH)–C–C–N with tert-alkyl or cyclic N) is 1. The summed E-state index contributed by atoms with van der Waals surface area (Å²) in [7, 11) is -0.789. The average Bonchev–Trinajstić information content (AvgIpc) is 3.44. The number of aromatic amines is 1. The lowest BCUT2D eigenvalue weighted by Gasteiger charge is -2.37. The first-order valence-electron chi connectivity index (χ1n) is 10.6. The van der Waals surface area contributed by atoms with Gasteiger partial charge in [-0.2, -0.15) is 8.42 Å². The molecule has 2 aliphatic rings. The lowest BCUT2D eigenvalue weighted by molar-refractivity contribution is 0.00320. The van der Waals surface area contributed by atoms with E-state index in [4.69, 9.17) is 9.73 Å². The molecule has 13 heteroatoms. The van der Waals surface area contributed by atoms with Gasteiger partial charge in [0, 0.05) is 49.6 Å². The summed E-state index contributed by atoms with van der Waals surface area (Å²) >= 11 is 1.71. The second-order valence-corrected chi connectivity index (χ2v) is 11.4. The summed E-state index contributed by atoms with van der Waals surface area (Å²) in [4.78, 5) is 14.3. The molecular formula is C22H27Cl2N5O4S2. The summed E-state index contributed by atoms with van der Waals surface area (Å²) in [6.45, 7) is 3.04. The van der Waals surface area contributed by atoms with E-state index >= 15 is 0 Å². The maximum Gasteiger partial charge on any atom is 0.281 e. The third kappa shape index (κ3) is 5.40. The topological polar surface area (TPSA) is 111 Å². The van der Waals surface area contributed by atoms with E-state index in [2.05, 4.69) is 14.9 Å². The van der Waals surface area contributed by atoms with E-state index in [-0.39, 0.29) is 35.9 Å². The van der Waals surface area contributed by atoms with Gasteiger partial charge in [-0.1, -0.05) is 17.8 Å². The molecule has 2 aliphatic heterocycles. The molecule has 4 heterocycles. The Balaban J connectivity index is 0.00000171. The first-order chi connectivity index (χ1) is 15.8. The van der Waals surface area contributed by atoms with Gasteiger partial charge in [0.15, 0.2) is 5.03 Å². The van der Waals surface area contributed by atoms with E-state index in [0.717, 1.165) is 35.8 Å². The predicted octanol–water partition coefficient (Wildman–Crippen LogP) is 2.78. The van der Waals surface area contributed by atoms with Crippen molar-refractivity contribution in [2.75, 3.05) is 44.6 Å². The fourth-order valence-electron chi connectivity index (χ4n) is 4.09. The first-order valence-corrected chi connectivity index (χ1v) is 12.9. The summed E-state index contributed by atoms with van der Waals surface area (Å²) < 4.78 is 33.1. The molecule has 0 saturated carbocycles. The summed E-state index contributed by atoms with van der Waals surface area (Å²) in [6, 6.07) is 10.4. The van der Waals surface area contributed by atoms with Gasteiger partial charge in [0.25, 0.3) is 10.0 Å². The maximum atomic E-state index is 13.2. The number of hydrogen-bond acceptors (Lipinski definition) is 8. The predicted molar refractivity (Wildman–Crippen MR) is 144 cm³/mol. The highest BCUT2D eigenvalue weighted by atomic mass is 35.5. The van der Waals surface area contributed by atoms with Gasteiger partial charge in [0.1, 0.15) is 10.8 Å². The van der Waals surface area contributed by atoms with Crippen molar-refractivity contribution in [3.63, 3.8) is 0 Å². The number of ether oxygens (including phenoxy) is 1. The summed E-state index contributed by atoms with van der Waals surface area (Å²) in [5.74, 6) is 0.557. The number of anilines is 1. The third-order valence-electron chi connectivity index (χ3n) is 5.87. The number of aliphatic hydroxyl groups is 1. The smallest absolute Gasteiger partial charge is 0.281 e. The van der Waals surface area contributed by atoms with Crippen LogP contribution in [0.2, 0.25) is 0 Å². The number of H-pyrrole nitrogens is 1. The summed E-state index contributed by atoms with van der Waals surface area (Å²) in [5, 5.41) is 11.5. The number of aliphatic hydroxyl groups excluding tert-OH is 1. The fourth-order valence-corrected chi connectivity index (χ4v) is 6.35. The molecule has 1 fully saturated rings. The van der Waals surface area contributed by atoms with E-state index in [9.17, 15) is 13.5 Å². The van der Waals surface area contributed by atoms with Gasteiger partial charge < -0.3 is 14.8 Å². The summed E-state index contributed by atoms with van der Waals surface area (Å²) in [5.41, 5.74) is 2.00. The molecule has 5 rings (SSSR count). The number of hydrogen-bond donors (Lipinski definition) is 2. The molecule has 2 aromatic heterocycles. The zero-order valence-electron chi connectivity index (χ0n) is 19.1. The second-order valence-electron chi connectivity index (χ2n) is 8.19. The minimum Gasteiger partial charge on any atom is -0.497 e. The van der Waals surface area contributed by atoms with Crippen LogP contribution in [0.25, 0.3) is 10.9 Å². The Labute approximate surface area is 220 Å². The number of sulfonamides is 1. The molecule has 0 bridgehead atoms. The largest absolute Gasteiger partial charge is 0.497 e. The van der Waals surface area contributed by atoms with E-state index in [1.807, 2.05) is 12.1 Å². The van der Waals surface area contributed by atoms with Crippen molar-refractivity contribution in [1.82, 2.24) is 14.9 Å². The van der Waals surface area contributed by atoms with Crippen LogP contribution in [0.5, 0.6) is 5.75 Å². The van der Waals surface area contributed by atoms with Gasteiger partial charge in [-0.25, -0.2) is 4.98 Å². The number of nitrogens with zero attached hydrogens (tertiary/aromatic N) is 4. The molecular weight excluding hydrogens is 533 g/mol. The van der Waals surface area contributed by atoms with Crippen molar-refractivity contribution in [3.8, 4) is 5.75 Å². The van der Waals surface area contributed by atoms with Gasteiger partial charge in [-0.15, -0.1) is 24.8 Å². The number of fused-ring (bicyclic) bond motifs is 1. The van der Waals surface area contributed by atoms with E-state index in [1.54, 1.807) is 37.1 Å². The number of nitrogens with one attached hydrogen (secondary N) is 1. The number of aromatic nitrogens is 2. The number of pyridine rings is 1. The number of aliphatic imine (C=N–C) groups is 1. The molecule has 2 N–H and O–H groups in total. The first kappa shape index (κ1) is 27.6. The lowest BCUT2D eigenvalue weighted by Crippen LogP contribution is -2.52. The molecule has 9 nitrogen and oxygen atoms in total. The van der Waals surface area contributed by atoms with Crippen LogP contribution in [0.1, 0.15) is 5.69 Å². The minimum absolute atomic E-state index is 0. The SMILES string of the molecule is COc1cc(N(C)S(=O)(=O)c2ccccn2)c2[nH]c(C3=NCC(CN4CC(O)C4)S3)cc2c1.Cl.Cl. The van der Waals surface area contributed by atoms with Crippen LogP contribution in [0.4, 0.5) is 5.69 Å². The normalized spacial score (nSPS) is 18.4. The number of likely N-dealkylation sites (tertiary alicyclic amines) is 1. The van der Waals surface area contributed by atoms with Gasteiger partial charge in [0.05, 0.1) is 36.7 Å². The molecule has 35 heavy (non-hydrogen) atoms. The molecule has 190 valence electrons. The maximum absolute atomic E-state index is 13.2. The van der Waals surface area contributed by atoms with Crippen molar-refractivity contribution >= 4 is 68.2 Å². The number of thioether (sulfide) groups is 1. The van der Waals surface area contributed by atoms with Crippen LogP contribution < -0.4 is 9.04 Å². The molecule has 1 saturated heterocycles. The van der Waals surface area contributed by atoms with Gasteiger partial charge in [-0.3, -0.25) is 14.2 Å². The van der Waals surface area contributed by atoms with Crippen LogP contribution in [-0.4, -0.2) is 85.1 Å². The quantitative estimate of drug-likeness (QED) is 0.457. The van der Waals surface area contributed by atoms with Crippen LogP contribution in [0.15, 0.2) is 52.6 Å². The number of halogens is 2. The molecule has 0 aliphatic carbocycles. The lowest BCUT2D eigenvalue weighted by atomic mass is 10.1. The number of methoxy groups -OCH3 is 1. The monoisotopic (exact) mass is 559 g/mol. The molecule has 1 unspecified atom stereocenters. The molecule has 0 spiro atoms. The minimum atomic E-state index is -3.86. The molecule has 0 radical (unpaired) electrons.